The van der Waals surface area contributed by atoms with Crippen LogP contribution in [-0.4, -0.2) is 31.4 Å². The van der Waals surface area contributed by atoms with E-state index in [-0.39, 0.29) is 12.1 Å². The number of aliphatic hydroxyl groups excluding tert-OH is 1. The maximum absolute atomic E-state index is 9.00. The van der Waals surface area contributed by atoms with Crippen molar-refractivity contribution in [1.29, 1.82) is 0 Å². The minimum Gasteiger partial charge on any atom is -0.497 e. The fourth-order valence-corrected chi connectivity index (χ4v) is 3.42. The van der Waals surface area contributed by atoms with Crippen LogP contribution in [0.1, 0.15) is 43.7 Å². The Morgan fingerprint density at radius 2 is 2.29 bits per heavy atom. The normalized spacial score (nSPS) is 22.7. The van der Waals surface area contributed by atoms with E-state index in [0.717, 1.165) is 37.9 Å². The third-order valence-corrected chi connectivity index (χ3v) is 4.55. The second-order valence-electron chi connectivity index (χ2n) is 6.07. The van der Waals surface area contributed by atoms with E-state index < -0.39 is 0 Å². The van der Waals surface area contributed by atoms with E-state index >= 15 is 0 Å². The van der Waals surface area contributed by atoms with E-state index in [4.69, 9.17) is 15.6 Å². The van der Waals surface area contributed by atoms with E-state index in [2.05, 4.69) is 24.4 Å². The number of aliphatic hydroxyl groups is 1. The first-order valence-electron chi connectivity index (χ1n) is 7.91. The number of fused-ring (bicyclic) bond motifs is 1. The van der Waals surface area contributed by atoms with Gasteiger partial charge in [-0.15, -0.1) is 0 Å². The first-order chi connectivity index (χ1) is 10.1. The molecule has 0 saturated heterocycles. The molecule has 0 bridgehead atoms. The highest BCUT2D eigenvalue weighted by molar-refractivity contribution is 5.42. The van der Waals surface area contributed by atoms with Crippen molar-refractivity contribution in [2.24, 2.45) is 5.73 Å². The number of ether oxygens (including phenoxy) is 1. The van der Waals surface area contributed by atoms with Crippen LogP contribution in [0.2, 0.25) is 0 Å². The Hall–Kier alpha value is -1.10. The molecule has 4 nitrogen and oxygen atoms in total. The van der Waals surface area contributed by atoms with E-state index in [9.17, 15) is 0 Å². The minimum atomic E-state index is -0.170. The Morgan fingerprint density at radius 3 is 2.95 bits per heavy atom. The Kier molecular flexibility index (Phi) is 5.62. The summed E-state index contributed by atoms with van der Waals surface area (Å²) in [6, 6.07) is 6.66. The van der Waals surface area contributed by atoms with Crippen LogP contribution in [0.3, 0.4) is 0 Å². The Bertz CT molecular complexity index is 464. The molecule has 0 amide bonds. The monoisotopic (exact) mass is 292 g/mol. The van der Waals surface area contributed by atoms with Gasteiger partial charge in [-0.3, -0.25) is 0 Å². The number of rotatable bonds is 7. The van der Waals surface area contributed by atoms with Crippen molar-refractivity contribution in [2.75, 3.05) is 20.3 Å². The number of aryl methyl sites for hydroxylation is 1. The van der Waals surface area contributed by atoms with Crippen LogP contribution >= 0.6 is 0 Å². The summed E-state index contributed by atoms with van der Waals surface area (Å²) in [5.41, 5.74) is 8.65. The molecule has 0 heterocycles. The number of benzene rings is 1. The van der Waals surface area contributed by atoms with Gasteiger partial charge in [0.05, 0.1) is 12.6 Å². The lowest BCUT2D eigenvalue weighted by Crippen LogP contribution is -2.53. The van der Waals surface area contributed by atoms with Crippen LogP contribution in [0.15, 0.2) is 18.2 Å². The zero-order valence-corrected chi connectivity index (χ0v) is 13.2. The lowest BCUT2D eigenvalue weighted by Gasteiger charge is -2.41. The molecule has 0 radical (unpaired) electrons. The van der Waals surface area contributed by atoms with Crippen molar-refractivity contribution < 1.29 is 9.84 Å². The largest absolute Gasteiger partial charge is 0.497 e. The van der Waals surface area contributed by atoms with Gasteiger partial charge in [0.1, 0.15) is 5.75 Å². The fraction of sp³-hybridized carbons (Fsp3) is 0.647. The second-order valence-corrected chi connectivity index (χ2v) is 6.07. The van der Waals surface area contributed by atoms with Crippen LogP contribution < -0.4 is 15.8 Å². The van der Waals surface area contributed by atoms with Gasteiger partial charge < -0.3 is 20.9 Å². The molecule has 4 N–H and O–H groups in total. The molecule has 118 valence electrons. The molecule has 0 fully saturated rings. The number of hydrogen-bond donors (Lipinski definition) is 3. The van der Waals surface area contributed by atoms with Crippen LogP contribution in [0.4, 0.5) is 0 Å². The lowest BCUT2D eigenvalue weighted by molar-refractivity contribution is 0.236. The summed E-state index contributed by atoms with van der Waals surface area (Å²) in [7, 11) is 1.70. The summed E-state index contributed by atoms with van der Waals surface area (Å²) in [6.07, 6.45) is 5.08. The zero-order valence-electron chi connectivity index (χ0n) is 13.2. The lowest BCUT2D eigenvalue weighted by atomic mass is 9.75. The number of methoxy groups -OCH3 is 1. The molecule has 2 unspecified atom stereocenters. The number of nitrogens with one attached hydrogen (secondary N) is 1. The van der Waals surface area contributed by atoms with Gasteiger partial charge in [-0.2, -0.15) is 0 Å². The van der Waals surface area contributed by atoms with E-state index in [1.54, 1.807) is 7.11 Å². The van der Waals surface area contributed by atoms with E-state index in [1.807, 2.05) is 6.07 Å². The molecule has 1 aromatic carbocycles. The first-order valence-corrected chi connectivity index (χ1v) is 7.91. The van der Waals surface area contributed by atoms with Crippen molar-refractivity contribution in [2.45, 2.75) is 50.6 Å². The summed E-state index contributed by atoms with van der Waals surface area (Å²) >= 11 is 0. The molecule has 21 heavy (non-hydrogen) atoms. The number of hydrogen-bond acceptors (Lipinski definition) is 4. The second kappa shape index (κ2) is 7.25. The maximum atomic E-state index is 9.00. The average Bonchev–Trinajstić information content (AvgIpc) is 2.52. The van der Waals surface area contributed by atoms with Crippen LogP contribution in [0.25, 0.3) is 0 Å². The predicted molar refractivity (Wildman–Crippen MR) is 85.6 cm³/mol. The summed E-state index contributed by atoms with van der Waals surface area (Å²) in [6.45, 7) is 2.99. The molecule has 1 aliphatic rings. The smallest absolute Gasteiger partial charge is 0.119 e. The molecule has 0 aromatic heterocycles. The molecule has 0 aliphatic heterocycles. The van der Waals surface area contributed by atoms with Gasteiger partial charge in [0.25, 0.3) is 0 Å². The highest BCUT2D eigenvalue weighted by Gasteiger charge is 2.36. The third kappa shape index (κ3) is 3.57. The van der Waals surface area contributed by atoms with Crippen LogP contribution in [0, 0.1) is 0 Å². The molecule has 0 spiro atoms. The topological polar surface area (TPSA) is 67.5 Å². The summed E-state index contributed by atoms with van der Waals surface area (Å²) in [4.78, 5) is 0. The molecule has 0 saturated carbocycles. The zero-order chi connectivity index (χ0) is 15.3. The maximum Gasteiger partial charge on any atom is 0.119 e. The van der Waals surface area contributed by atoms with Crippen molar-refractivity contribution >= 4 is 0 Å². The van der Waals surface area contributed by atoms with Gasteiger partial charge in [-0.1, -0.05) is 6.07 Å². The van der Waals surface area contributed by atoms with Gasteiger partial charge >= 0.3 is 0 Å². The summed E-state index contributed by atoms with van der Waals surface area (Å²) in [5, 5.41) is 12.7. The van der Waals surface area contributed by atoms with Gasteiger partial charge in [0, 0.05) is 19.2 Å². The molecular formula is C17H28N2O2. The minimum absolute atomic E-state index is 0.170. The summed E-state index contributed by atoms with van der Waals surface area (Å²) in [5.74, 6) is 0.887. The van der Waals surface area contributed by atoms with Crippen molar-refractivity contribution in [1.82, 2.24) is 5.32 Å². The first kappa shape index (κ1) is 16.3. The molecule has 1 aromatic rings. The Morgan fingerprint density at radius 1 is 1.48 bits per heavy atom. The quantitative estimate of drug-likeness (QED) is 0.718. The van der Waals surface area contributed by atoms with E-state index in [0.29, 0.717) is 12.6 Å². The van der Waals surface area contributed by atoms with Crippen LogP contribution in [-0.2, 0) is 12.0 Å². The highest BCUT2D eigenvalue weighted by atomic mass is 16.5. The fourth-order valence-electron chi connectivity index (χ4n) is 3.42. The van der Waals surface area contributed by atoms with Crippen molar-refractivity contribution in [3.05, 3.63) is 29.3 Å². The van der Waals surface area contributed by atoms with E-state index in [1.165, 1.54) is 11.1 Å². The standard InChI is InChI=1S/C17H28N2O2/c1-13(5-4-10-20)19-17(12-18)9-3-6-14-7-8-15(21-2)11-16(14)17/h7-8,11,13,19-20H,3-6,9-10,12,18H2,1-2H3. The third-order valence-electron chi connectivity index (χ3n) is 4.55. The molecular weight excluding hydrogens is 264 g/mol. The SMILES string of the molecule is COc1ccc2c(c1)C(CN)(NC(C)CCCO)CCC2. The highest BCUT2D eigenvalue weighted by Crippen LogP contribution is 2.37. The molecule has 2 atom stereocenters. The molecule has 2 rings (SSSR count). The van der Waals surface area contributed by atoms with Crippen molar-refractivity contribution in [3.8, 4) is 5.75 Å². The average molecular weight is 292 g/mol. The predicted octanol–water partition coefficient (Wildman–Crippen LogP) is 1.94. The Labute approximate surface area is 127 Å². The molecule has 1 aliphatic carbocycles. The Balaban J connectivity index is 2.27. The molecule has 4 heteroatoms. The van der Waals surface area contributed by atoms with Gasteiger partial charge in [0.2, 0.25) is 0 Å². The van der Waals surface area contributed by atoms with Gasteiger partial charge in [-0.05, 0) is 62.3 Å². The summed E-state index contributed by atoms with van der Waals surface area (Å²) < 4.78 is 5.39. The van der Waals surface area contributed by atoms with Crippen molar-refractivity contribution in [3.63, 3.8) is 0 Å². The number of nitrogens with two attached hydrogens (primary N) is 1. The van der Waals surface area contributed by atoms with Gasteiger partial charge in [-0.25, -0.2) is 0 Å². The van der Waals surface area contributed by atoms with Crippen LogP contribution in [0.5, 0.6) is 5.75 Å². The van der Waals surface area contributed by atoms with Gasteiger partial charge in [0.15, 0.2) is 0 Å².